The number of ether oxygens (including phenoxy) is 2. The first-order valence-electron chi connectivity index (χ1n) is 17.4. The lowest BCUT2D eigenvalue weighted by molar-refractivity contribution is -0.141. The maximum Gasteiger partial charge on any atom is 0.434 e. The number of aromatic nitrogens is 2. The van der Waals surface area contributed by atoms with Crippen molar-refractivity contribution in [3.63, 3.8) is 0 Å². The van der Waals surface area contributed by atoms with Crippen molar-refractivity contribution in [2.75, 3.05) is 45.6 Å². The molecule has 0 radical (unpaired) electrons. The number of aldehydes is 1. The van der Waals surface area contributed by atoms with Crippen molar-refractivity contribution in [1.29, 1.82) is 0 Å². The molecule has 2 aromatic carbocycles. The minimum atomic E-state index is -4.47. The predicted molar refractivity (Wildman–Crippen MR) is 195 cm³/mol. The second-order valence-corrected chi connectivity index (χ2v) is 11.5. The maximum atomic E-state index is 11.8. The molecular weight excluding hydrogens is 681 g/mol. The molecule has 1 saturated heterocycles. The lowest BCUT2D eigenvalue weighted by atomic mass is 10.0. The number of aliphatic hydroxyl groups is 2. The zero-order valence-electron chi connectivity index (χ0n) is 30.6. The van der Waals surface area contributed by atoms with E-state index in [1.807, 2.05) is 51.2 Å². The van der Waals surface area contributed by atoms with Gasteiger partial charge in [-0.15, -0.1) is 0 Å². The van der Waals surface area contributed by atoms with Crippen LogP contribution in [0.1, 0.15) is 69.2 Å². The number of likely N-dealkylation sites (tertiary alicyclic amines) is 1. The van der Waals surface area contributed by atoms with Crippen molar-refractivity contribution in [2.45, 2.75) is 84.1 Å². The summed E-state index contributed by atoms with van der Waals surface area (Å²) in [6.07, 6.45) is 1.17. The van der Waals surface area contributed by atoms with Crippen molar-refractivity contribution in [3.8, 4) is 17.2 Å². The molecule has 0 aliphatic carbocycles. The summed E-state index contributed by atoms with van der Waals surface area (Å²) < 4.78 is 47.0. The van der Waals surface area contributed by atoms with Gasteiger partial charge in [-0.1, -0.05) is 26.0 Å². The number of rotatable bonds is 14. The van der Waals surface area contributed by atoms with E-state index >= 15 is 0 Å². The SMILES string of the molecule is CC.CNCCCOc1ccc(Oc2ccc(CCN)cc2C)cc1.Nc1cncc(C(F)(F)F)n1.O=CCCCCC(=O)N1CCC(O)C(O)C1. The smallest absolute Gasteiger partial charge is 0.434 e. The molecule has 2 atom stereocenters. The number of piperidine rings is 1. The van der Waals surface area contributed by atoms with Crippen molar-refractivity contribution in [2.24, 2.45) is 5.73 Å². The number of carbonyl (C=O) groups is 2. The molecule has 0 spiro atoms. The molecule has 2 unspecified atom stereocenters. The fraction of sp³-hybridized carbons (Fsp3) is 0.514. The molecule has 12 nitrogen and oxygen atoms in total. The average Bonchev–Trinajstić information content (AvgIpc) is 3.13. The number of nitrogen functional groups attached to an aromatic ring is 1. The van der Waals surface area contributed by atoms with Crippen LogP contribution in [0.4, 0.5) is 19.0 Å². The molecule has 1 aliphatic rings. The number of alkyl halides is 3. The molecule has 1 aliphatic heterocycles. The first kappa shape index (κ1) is 45.7. The Morgan fingerprint density at radius 3 is 2.31 bits per heavy atom. The van der Waals surface area contributed by atoms with E-state index in [0.717, 1.165) is 61.1 Å². The largest absolute Gasteiger partial charge is 0.494 e. The van der Waals surface area contributed by atoms with Crippen molar-refractivity contribution in [1.82, 2.24) is 20.2 Å². The van der Waals surface area contributed by atoms with Gasteiger partial charge in [-0.25, -0.2) is 4.98 Å². The number of benzene rings is 2. The van der Waals surface area contributed by atoms with Crippen molar-refractivity contribution in [3.05, 3.63) is 71.7 Å². The first-order valence-corrected chi connectivity index (χ1v) is 17.4. The van der Waals surface area contributed by atoms with Crippen LogP contribution in [0.15, 0.2) is 54.9 Å². The van der Waals surface area contributed by atoms with Crippen LogP contribution >= 0.6 is 0 Å². The van der Waals surface area contributed by atoms with E-state index in [1.165, 1.54) is 5.56 Å². The lowest BCUT2D eigenvalue weighted by Crippen LogP contribution is -2.48. The number of aryl methyl sites for hydroxylation is 1. The maximum absolute atomic E-state index is 11.8. The summed E-state index contributed by atoms with van der Waals surface area (Å²) >= 11 is 0. The Morgan fingerprint density at radius 2 is 1.75 bits per heavy atom. The third kappa shape index (κ3) is 18.3. The standard InChI is InChI=1S/C19H26N2O2.C11H19NO4.C5H4F3N3.C2H6/c1-15-14-16(10-11-20)4-9-19(15)23-18-7-5-17(6-8-18)22-13-3-12-21-2;13-7-3-1-2-4-11(16)12-6-5-9(14)10(15)8-12;6-5(7,8)3-1-10-2-4(9)11-3;1-2/h4-9,14,21H,3,10-13,20H2,1-2H3;7,9-10,14-15H,1-6,8H2;1-2H,(H2,9,11);1-2H3. The molecule has 3 aromatic rings. The Bertz CT molecular complexity index is 1430. The number of β-amino-alcohol motifs (C(OH)–C–C–N with tert-alkyl or cyclic N) is 1. The predicted octanol–water partition coefficient (Wildman–Crippen LogP) is 5.08. The second kappa shape index (κ2) is 25.6. The zero-order chi connectivity index (χ0) is 38.9. The summed E-state index contributed by atoms with van der Waals surface area (Å²) in [7, 11) is 1.94. The quantitative estimate of drug-likeness (QED) is 0.110. The highest BCUT2D eigenvalue weighted by atomic mass is 19.4. The molecule has 0 saturated carbocycles. The number of amides is 1. The molecule has 2 heterocycles. The molecule has 1 aromatic heterocycles. The van der Waals surface area contributed by atoms with Crippen LogP contribution in [0.25, 0.3) is 0 Å². The number of carbonyl (C=O) groups excluding carboxylic acids is 2. The number of halogens is 3. The summed E-state index contributed by atoms with van der Waals surface area (Å²) in [5.74, 6) is 2.30. The second-order valence-electron chi connectivity index (χ2n) is 11.5. The highest BCUT2D eigenvalue weighted by Crippen LogP contribution is 2.28. The third-order valence-electron chi connectivity index (χ3n) is 7.37. The van der Waals surface area contributed by atoms with E-state index in [4.69, 9.17) is 20.9 Å². The molecule has 290 valence electrons. The van der Waals surface area contributed by atoms with Crippen LogP contribution in [0.2, 0.25) is 0 Å². The summed E-state index contributed by atoms with van der Waals surface area (Å²) in [4.78, 5) is 29.6. The molecule has 1 fully saturated rings. The van der Waals surface area contributed by atoms with Gasteiger partial charge in [-0.05, 0) is 101 Å². The number of hydrogen-bond donors (Lipinski definition) is 5. The summed E-state index contributed by atoms with van der Waals surface area (Å²) in [5, 5.41) is 21.8. The summed E-state index contributed by atoms with van der Waals surface area (Å²) in [6.45, 7) is 9.10. The zero-order valence-corrected chi connectivity index (χ0v) is 30.6. The van der Waals surface area contributed by atoms with E-state index in [-0.39, 0.29) is 18.3 Å². The van der Waals surface area contributed by atoms with E-state index in [9.17, 15) is 33.0 Å². The molecular formula is C37H55F3N6O6. The summed E-state index contributed by atoms with van der Waals surface area (Å²) in [6, 6.07) is 13.9. The Morgan fingerprint density at radius 1 is 1.06 bits per heavy atom. The van der Waals surface area contributed by atoms with Crippen LogP contribution in [-0.2, 0) is 22.2 Å². The minimum Gasteiger partial charge on any atom is -0.494 e. The van der Waals surface area contributed by atoms with Gasteiger partial charge in [0.25, 0.3) is 0 Å². The highest BCUT2D eigenvalue weighted by Gasteiger charge is 2.33. The van der Waals surface area contributed by atoms with Gasteiger partial charge >= 0.3 is 6.18 Å². The Labute approximate surface area is 304 Å². The van der Waals surface area contributed by atoms with Gasteiger partial charge in [-0.2, -0.15) is 13.2 Å². The van der Waals surface area contributed by atoms with Gasteiger partial charge in [0.15, 0.2) is 5.69 Å². The fourth-order valence-corrected chi connectivity index (χ4v) is 4.64. The van der Waals surface area contributed by atoms with E-state index in [2.05, 4.69) is 34.3 Å². The van der Waals surface area contributed by atoms with Crippen LogP contribution in [0, 0.1) is 6.92 Å². The monoisotopic (exact) mass is 736 g/mol. The number of nitrogens with two attached hydrogens (primary N) is 2. The Kier molecular flexibility index (Phi) is 22.5. The van der Waals surface area contributed by atoms with E-state index in [0.29, 0.717) is 51.6 Å². The van der Waals surface area contributed by atoms with Crippen molar-refractivity contribution >= 4 is 18.0 Å². The normalized spacial score (nSPS) is 15.1. The first-order chi connectivity index (χ1) is 24.9. The number of nitrogens with zero attached hydrogens (tertiary/aromatic N) is 3. The van der Waals surface area contributed by atoms with Crippen molar-refractivity contribution < 1.29 is 42.4 Å². The number of anilines is 1. The van der Waals surface area contributed by atoms with Gasteiger partial charge in [0.05, 0.1) is 31.2 Å². The average molecular weight is 737 g/mol. The lowest BCUT2D eigenvalue weighted by Gasteiger charge is -2.33. The number of hydrogen-bond acceptors (Lipinski definition) is 11. The van der Waals surface area contributed by atoms with Crippen LogP contribution in [0.5, 0.6) is 17.2 Å². The molecule has 0 bridgehead atoms. The van der Waals surface area contributed by atoms with Gasteiger partial charge in [0.2, 0.25) is 5.91 Å². The molecule has 1 amide bonds. The number of nitrogens with one attached hydrogen (secondary N) is 1. The van der Waals surface area contributed by atoms with Gasteiger partial charge < -0.3 is 46.2 Å². The van der Waals surface area contributed by atoms with Gasteiger partial charge in [0.1, 0.15) is 29.4 Å². The molecule has 15 heteroatoms. The Hall–Kier alpha value is -4.31. The molecule has 4 rings (SSSR count). The van der Waals surface area contributed by atoms with Crippen LogP contribution in [0.3, 0.4) is 0 Å². The number of aliphatic hydroxyl groups excluding tert-OH is 2. The Balaban J connectivity index is 0.000000406. The van der Waals surface area contributed by atoms with Crippen LogP contribution < -0.4 is 26.3 Å². The minimum absolute atomic E-state index is 0.00292. The number of unbranched alkanes of at least 4 members (excludes halogenated alkanes) is 2. The molecule has 7 N–H and O–H groups in total. The van der Waals surface area contributed by atoms with Gasteiger partial charge in [0, 0.05) is 25.9 Å². The fourth-order valence-electron chi connectivity index (χ4n) is 4.64. The third-order valence-corrected chi connectivity index (χ3v) is 7.37. The van der Waals surface area contributed by atoms with Gasteiger partial charge in [-0.3, -0.25) is 9.78 Å². The summed E-state index contributed by atoms with van der Waals surface area (Å²) in [5.41, 5.74) is 11.9. The van der Waals surface area contributed by atoms with Crippen LogP contribution in [-0.4, -0.2) is 89.3 Å². The van der Waals surface area contributed by atoms with E-state index in [1.54, 1.807) is 4.90 Å². The molecule has 52 heavy (non-hydrogen) atoms. The highest BCUT2D eigenvalue weighted by molar-refractivity contribution is 5.76. The topological polar surface area (TPSA) is 186 Å². The van der Waals surface area contributed by atoms with E-state index < -0.39 is 24.1 Å².